The molecule has 0 saturated carbocycles. The standard InChI is InChI=1S/C19H11Cl2N3O6.Li/c20-10-1-4-13(15(21)7-10)18(25)23-16-5-3-12(8-14(16)19(26)27)30-17-6-2-11(9-22-17)24(28)29;/h1-9H,(H,23,25)(H,26,27);/q;+1/p-1. The summed E-state index contributed by atoms with van der Waals surface area (Å²) in [7, 11) is 0. The number of pyridine rings is 1. The van der Waals surface area contributed by atoms with E-state index < -0.39 is 16.8 Å². The van der Waals surface area contributed by atoms with Crippen LogP contribution in [-0.2, 0) is 0 Å². The molecule has 3 aromatic rings. The van der Waals surface area contributed by atoms with Gasteiger partial charge in [0.05, 0.1) is 27.2 Å². The summed E-state index contributed by atoms with van der Waals surface area (Å²) in [5.74, 6) is -2.13. The molecular formula is C19H10Cl2LiN3O6. The van der Waals surface area contributed by atoms with Gasteiger partial charge in [-0.05, 0) is 36.4 Å². The summed E-state index contributed by atoms with van der Waals surface area (Å²) in [5.41, 5.74) is -0.527. The third kappa shape index (κ3) is 5.96. The number of nitrogens with zero attached hydrogens (tertiary/aromatic N) is 2. The number of carbonyl (C=O) groups excluding carboxylic acids is 2. The first kappa shape index (κ1) is 24.2. The summed E-state index contributed by atoms with van der Waals surface area (Å²) in [6, 6.07) is 10.5. The molecule has 0 aliphatic rings. The van der Waals surface area contributed by atoms with Gasteiger partial charge in [-0.25, -0.2) is 4.98 Å². The quantitative estimate of drug-likeness (QED) is 0.329. The third-order valence-corrected chi connectivity index (χ3v) is 4.34. The van der Waals surface area contributed by atoms with Crippen LogP contribution in [0.1, 0.15) is 20.7 Å². The van der Waals surface area contributed by atoms with Crippen molar-refractivity contribution >= 4 is 46.5 Å². The van der Waals surface area contributed by atoms with Gasteiger partial charge in [-0.15, -0.1) is 0 Å². The molecule has 9 nitrogen and oxygen atoms in total. The van der Waals surface area contributed by atoms with Crippen LogP contribution in [-0.4, -0.2) is 21.8 Å². The van der Waals surface area contributed by atoms with Crippen LogP contribution in [0, 0.1) is 10.1 Å². The van der Waals surface area contributed by atoms with Gasteiger partial charge in [-0.2, -0.15) is 0 Å². The fourth-order valence-corrected chi connectivity index (χ4v) is 2.88. The van der Waals surface area contributed by atoms with Crippen LogP contribution in [0.4, 0.5) is 11.4 Å². The number of amides is 1. The Morgan fingerprint density at radius 2 is 1.77 bits per heavy atom. The summed E-state index contributed by atoms with van der Waals surface area (Å²) in [5, 5.41) is 25.1. The molecule has 152 valence electrons. The number of anilines is 1. The van der Waals surface area contributed by atoms with Crippen molar-refractivity contribution in [3.8, 4) is 11.6 Å². The summed E-state index contributed by atoms with van der Waals surface area (Å²) in [4.78, 5) is 37.8. The maximum absolute atomic E-state index is 12.4. The van der Waals surface area contributed by atoms with Gasteiger partial charge < -0.3 is 20.0 Å². The van der Waals surface area contributed by atoms with Crippen molar-refractivity contribution in [3.05, 3.63) is 86.0 Å². The second-order valence-electron chi connectivity index (χ2n) is 5.79. The molecule has 0 saturated heterocycles. The SMILES string of the molecule is O=C(Nc1ccc(Oc2ccc([N+](=O)[O-])cn2)cc1C(=O)[O-])c1ccc(Cl)cc1Cl.[Li+]. The molecule has 0 unspecified atom stereocenters. The second kappa shape index (κ2) is 10.3. The minimum Gasteiger partial charge on any atom is -0.545 e. The average Bonchev–Trinajstić information content (AvgIpc) is 2.69. The Labute approximate surface area is 197 Å². The van der Waals surface area contributed by atoms with Crippen LogP contribution < -0.4 is 34.0 Å². The van der Waals surface area contributed by atoms with E-state index in [4.69, 9.17) is 27.9 Å². The van der Waals surface area contributed by atoms with Gasteiger partial charge in [0.1, 0.15) is 11.9 Å². The second-order valence-corrected chi connectivity index (χ2v) is 6.63. The Bertz CT molecular complexity index is 1160. The molecule has 0 fully saturated rings. The van der Waals surface area contributed by atoms with Gasteiger partial charge in [0.2, 0.25) is 5.88 Å². The fourth-order valence-electron chi connectivity index (χ4n) is 2.39. The largest absolute Gasteiger partial charge is 1.00 e. The molecule has 1 amide bonds. The fraction of sp³-hybridized carbons (Fsp3) is 0. The van der Waals surface area contributed by atoms with Gasteiger partial charge in [0, 0.05) is 22.7 Å². The molecule has 1 heterocycles. The first-order valence-corrected chi connectivity index (χ1v) is 8.90. The first-order chi connectivity index (χ1) is 14.2. The third-order valence-electron chi connectivity index (χ3n) is 3.79. The van der Waals surface area contributed by atoms with E-state index in [2.05, 4.69) is 10.3 Å². The van der Waals surface area contributed by atoms with E-state index >= 15 is 0 Å². The van der Waals surface area contributed by atoms with Gasteiger partial charge in [0.15, 0.2) is 0 Å². The van der Waals surface area contributed by atoms with E-state index in [1.54, 1.807) is 0 Å². The van der Waals surface area contributed by atoms with Crippen molar-refractivity contribution in [2.75, 3.05) is 5.32 Å². The number of rotatable bonds is 6. The number of aromatic nitrogens is 1. The van der Waals surface area contributed by atoms with Crippen LogP contribution in [0.25, 0.3) is 0 Å². The number of ether oxygens (including phenoxy) is 1. The number of hydrogen-bond donors (Lipinski definition) is 1. The topological polar surface area (TPSA) is 134 Å². The van der Waals surface area contributed by atoms with E-state index in [9.17, 15) is 24.8 Å². The van der Waals surface area contributed by atoms with E-state index in [1.807, 2.05) is 0 Å². The predicted octanol–water partition coefficient (Wildman–Crippen LogP) is 0.709. The van der Waals surface area contributed by atoms with Crippen LogP contribution in [0.2, 0.25) is 10.0 Å². The molecule has 0 aliphatic heterocycles. The van der Waals surface area contributed by atoms with Crippen LogP contribution >= 0.6 is 23.2 Å². The van der Waals surface area contributed by atoms with Crippen molar-refractivity contribution in [1.29, 1.82) is 0 Å². The maximum Gasteiger partial charge on any atom is 1.00 e. The zero-order valence-electron chi connectivity index (χ0n) is 15.8. The molecule has 1 N–H and O–H groups in total. The van der Waals surface area contributed by atoms with Crippen LogP contribution in [0.3, 0.4) is 0 Å². The Balaban J connectivity index is 0.00000341. The van der Waals surface area contributed by atoms with E-state index in [0.29, 0.717) is 5.02 Å². The predicted molar refractivity (Wildman–Crippen MR) is 106 cm³/mol. The zero-order valence-corrected chi connectivity index (χ0v) is 17.3. The molecule has 31 heavy (non-hydrogen) atoms. The zero-order chi connectivity index (χ0) is 21.8. The number of carbonyl (C=O) groups is 2. The molecule has 0 atom stereocenters. The summed E-state index contributed by atoms with van der Waals surface area (Å²) in [6.45, 7) is 0. The molecule has 0 spiro atoms. The van der Waals surface area contributed by atoms with Gasteiger partial charge in [-0.1, -0.05) is 23.2 Å². The molecule has 0 radical (unpaired) electrons. The Kier molecular flexibility index (Phi) is 8.02. The van der Waals surface area contributed by atoms with E-state index in [0.717, 1.165) is 12.3 Å². The number of nitrogens with one attached hydrogen (secondary N) is 1. The van der Waals surface area contributed by atoms with Crippen LogP contribution in [0.15, 0.2) is 54.7 Å². The first-order valence-electron chi connectivity index (χ1n) is 8.14. The minimum atomic E-state index is -1.56. The van der Waals surface area contributed by atoms with Gasteiger partial charge in [0.25, 0.3) is 11.6 Å². The summed E-state index contributed by atoms with van der Waals surface area (Å²) in [6.07, 6.45) is 0.999. The van der Waals surface area contributed by atoms with Crippen LogP contribution in [0.5, 0.6) is 11.6 Å². The van der Waals surface area contributed by atoms with Gasteiger partial charge >= 0.3 is 18.9 Å². The normalized spacial score (nSPS) is 10.0. The molecule has 3 rings (SSSR count). The van der Waals surface area contributed by atoms with Gasteiger partial charge in [-0.3, -0.25) is 14.9 Å². The minimum absolute atomic E-state index is 0. The summed E-state index contributed by atoms with van der Waals surface area (Å²) < 4.78 is 5.41. The maximum atomic E-state index is 12.4. The smallest absolute Gasteiger partial charge is 0.545 e. The Morgan fingerprint density at radius 1 is 1.03 bits per heavy atom. The molecular weight excluding hydrogens is 444 g/mol. The number of aromatic carboxylic acids is 1. The number of nitro groups is 1. The molecule has 0 aliphatic carbocycles. The van der Waals surface area contributed by atoms with Crippen molar-refractivity contribution in [2.45, 2.75) is 0 Å². The number of carboxylic acid groups (broad SMARTS) is 1. The monoisotopic (exact) mass is 453 g/mol. The Morgan fingerprint density at radius 3 is 2.35 bits per heavy atom. The van der Waals surface area contributed by atoms with Crippen molar-refractivity contribution in [2.24, 2.45) is 0 Å². The summed E-state index contributed by atoms with van der Waals surface area (Å²) >= 11 is 11.8. The van der Waals surface area contributed by atoms with E-state index in [1.165, 1.54) is 42.5 Å². The number of carboxylic acids is 1. The molecule has 1 aromatic heterocycles. The number of halogens is 2. The molecule has 2 aromatic carbocycles. The number of hydrogen-bond acceptors (Lipinski definition) is 7. The molecule has 12 heteroatoms. The van der Waals surface area contributed by atoms with Crippen molar-refractivity contribution in [1.82, 2.24) is 4.98 Å². The average molecular weight is 454 g/mol. The van der Waals surface area contributed by atoms with E-state index in [-0.39, 0.29) is 58.0 Å². The molecule has 0 bridgehead atoms. The Hall–Kier alpha value is -3.09. The van der Waals surface area contributed by atoms with Crippen molar-refractivity contribution in [3.63, 3.8) is 0 Å². The number of benzene rings is 2. The van der Waals surface area contributed by atoms with Crippen molar-refractivity contribution < 1.29 is 43.2 Å².